The van der Waals surface area contributed by atoms with Crippen molar-refractivity contribution in [1.29, 1.82) is 0 Å². The minimum absolute atomic E-state index is 0.106. The van der Waals surface area contributed by atoms with Crippen LogP contribution in [-0.2, 0) is 9.84 Å². The van der Waals surface area contributed by atoms with E-state index in [2.05, 4.69) is 4.99 Å². The molecule has 0 unspecified atom stereocenters. The van der Waals surface area contributed by atoms with Crippen molar-refractivity contribution in [1.82, 2.24) is 0 Å². The van der Waals surface area contributed by atoms with E-state index in [9.17, 15) is 8.42 Å². The molecule has 1 heterocycles. The highest BCUT2D eigenvalue weighted by Crippen LogP contribution is 2.24. The molecule has 0 bridgehead atoms. The van der Waals surface area contributed by atoms with E-state index in [1.807, 2.05) is 13.8 Å². The van der Waals surface area contributed by atoms with Gasteiger partial charge in [0, 0.05) is 5.25 Å². The summed E-state index contributed by atoms with van der Waals surface area (Å²) in [4.78, 5) is 3.71. The van der Waals surface area contributed by atoms with Crippen molar-refractivity contribution in [3.05, 3.63) is 11.2 Å². The number of hydrogen-bond donors (Lipinski definition) is 1. The summed E-state index contributed by atoms with van der Waals surface area (Å²) in [7, 11) is -3.41. The zero-order chi connectivity index (χ0) is 9.35. The van der Waals surface area contributed by atoms with Crippen LogP contribution in [0.25, 0.3) is 0 Å². The van der Waals surface area contributed by atoms with Gasteiger partial charge in [0.25, 0.3) is 0 Å². The Bertz CT molecular complexity index is 341. The van der Waals surface area contributed by atoms with Crippen LogP contribution in [0.2, 0.25) is 0 Å². The van der Waals surface area contributed by atoms with Gasteiger partial charge in [0.2, 0.25) is 9.84 Å². The molecule has 1 aliphatic heterocycles. The molecule has 0 amide bonds. The van der Waals surface area contributed by atoms with Gasteiger partial charge in [-0.15, -0.1) is 0 Å². The van der Waals surface area contributed by atoms with Crippen molar-refractivity contribution in [2.24, 2.45) is 10.7 Å². The van der Waals surface area contributed by atoms with Crippen LogP contribution in [0.4, 0.5) is 0 Å². The van der Waals surface area contributed by atoms with E-state index in [1.165, 1.54) is 18.0 Å². The molecule has 0 fully saturated rings. The monoisotopic (exact) mass is 206 g/mol. The molecule has 1 aliphatic rings. The number of aliphatic imine (C=N–C) groups is 1. The van der Waals surface area contributed by atoms with Crippen LogP contribution in [0.5, 0.6) is 0 Å². The molecule has 0 spiro atoms. The van der Waals surface area contributed by atoms with Crippen LogP contribution in [0.1, 0.15) is 13.8 Å². The number of nitrogens with two attached hydrogens (primary N) is 1. The summed E-state index contributed by atoms with van der Waals surface area (Å²) >= 11 is 1.20. The molecule has 4 nitrogen and oxygen atoms in total. The lowest BCUT2D eigenvalue weighted by Crippen LogP contribution is -2.16. The van der Waals surface area contributed by atoms with Crippen molar-refractivity contribution >= 4 is 26.0 Å². The maximum absolute atomic E-state index is 11.3. The van der Waals surface area contributed by atoms with Gasteiger partial charge in [0.15, 0.2) is 9.40 Å². The highest BCUT2D eigenvalue weighted by atomic mass is 32.3. The molecule has 0 aromatic heterocycles. The predicted molar refractivity (Wildman–Crippen MR) is 51.4 cm³/mol. The number of sulfone groups is 1. The molecule has 6 heteroatoms. The first kappa shape index (κ1) is 9.60. The standard InChI is InChI=1S/C6H10N2O2S2/c1-4(2)11-6-8-3-5(7)12(6,9)10/h3-4H,7H2,1-2H3. The lowest BCUT2D eigenvalue weighted by molar-refractivity contribution is 0.613. The quantitative estimate of drug-likeness (QED) is 0.684. The number of rotatable bonds is 1. The first-order chi connectivity index (χ1) is 5.44. The SMILES string of the molecule is CC(C)SC1=NC=C(N)S1(=O)=O. The molecule has 0 atom stereocenters. The topological polar surface area (TPSA) is 72.5 Å². The zero-order valence-corrected chi connectivity index (χ0v) is 8.45. The predicted octanol–water partition coefficient (Wildman–Crippen LogP) is 0.670. The minimum Gasteiger partial charge on any atom is -0.388 e. The summed E-state index contributed by atoms with van der Waals surface area (Å²) in [6.45, 7) is 3.80. The summed E-state index contributed by atoms with van der Waals surface area (Å²) in [5, 5.41) is 0.0310. The smallest absolute Gasteiger partial charge is 0.246 e. The third-order valence-corrected chi connectivity index (χ3v) is 4.19. The van der Waals surface area contributed by atoms with E-state index < -0.39 is 9.84 Å². The fraction of sp³-hybridized carbons (Fsp3) is 0.500. The Morgan fingerprint density at radius 3 is 2.50 bits per heavy atom. The Balaban J connectivity index is 2.88. The van der Waals surface area contributed by atoms with Crippen LogP contribution in [-0.4, -0.2) is 18.0 Å². The molecule has 2 N–H and O–H groups in total. The Morgan fingerprint density at radius 2 is 2.17 bits per heavy atom. The van der Waals surface area contributed by atoms with E-state index in [1.54, 1.807) is 0 Å². The Morgan fingerprint density at radius 1 is 1.58 bits per heavy atom. The van der Waals surface area contributed by atoms with Crippen LogP contribution in [0.15, 0.2) is 16.2 Å². The fourth-order valence-corrected chi connectivity index (χ4v) is 3.13. The van der Waals surface area contributed by atoms with Crippen LogP contribution >= 0.6 is 11.8 Å². The van der Waals surface area contributed by atoms with Crippen molar-refractivity contribution in [3.8, 4) is 0 Å². The fourth-order valence-electron chi connectivity index (χ4n) is 0.651. The average molecular weight is 206 g/mol. The van der Waals surface area contributed by atoms with Gasteiger partial charge in [-0.05, 0) is 0 Å². The summed E-state index contributed by atoms with van der Waals surface area (Å²) in [5.74, 6) is 0. The summed E-state index contributed by atoms with van der Waals surface area (Å²) in [6, 6.07) is 0. The van der Waals surface area contributed by atoms with Gasteiger partial charge in [-0.1, -0.05) is 25.6 Å². The van der Waals surface area contributed by atoms with Gasteiger partial charge in [-0.25, -0.2) is 13.4 Å². The van der Waals surface area contributed by atoms with Crippen molar-refractivity contribution < 1.29 is 8.42 Å². The molecule has 0 aliphatic carbocycles. The molecule has 12 heavy (non-hydrogen) atoms. The molecule has 1 rings (SSSR count). The molecule has 68 valence electrons. The molecule has 0 aromatic rings. The number of thioether (sulfide) groups is 1. The third-order valence-electron chi connectivity index (χ3n) is 1.17. The normalized spacial score (nSPS) is 20.9. The Kier molecular flexibility index (Phi) is 2.48. The second-order valence-electron chi connectivity index (χ2n) is 2.60. The molecular formula is C6H10N2O2S2. The van der Waals surface area contributed by atoms with E-state index in [0.29, 0.717) is 0 Å². The largest absolute Gasteiger partial charge is 0.388 e. The summed E-state index contributed by atoms with van der Waals surface area (Å²) < 4.78 is 22.7. The van der Waals surface area contributed by atoms with Crippen molar-refractivity contribution in [3.63, 3.8) is 0 Å². The molecule has 0 aromatic carbocycles. The second-order valence-corrected chi connectivity index (χ2v) is 6.29. The molecule has 0 saturated heterocycles. The minimum atomic E-state index is -3.41. The average Bonchev–Trinajstić information content (AvgIpc) is 2.15. The number of hydrogen-bond acceptors (Lipinski definition) is 5. The first-order valence-electron chi connectivity index (χ1n) is 3.40. The van der Waals surface area contributed by atoms with E-state index in [0.717, 1.165) is 0 Å². The summed E-state index contributed by atoms with van der Waals surface area (Å²) in [5.41, 5.74) is 5.22. The van der Waals surface area contributed by atoms with Gasteiger partial charge in [0.1, 0.15) is 0 Å². The van der Waals surface area contributed by atoms with Crippen molar-refractivity contribution in [2.45, 2.75) is 19.1 Å². The third kappa shape index (κ3) is 1.64. The van der Waals surface area contributed by atoms with Crippen molar-refractivity contribution in [2.75, 3.05) is 0 Å². The molecular weight excluding hydrogens is 196 g/mol. The number of nitrogens with zero attached hydrogens (tertiary/aromatic N) is 1. The van der Waals surface area contributed by atoms with Gasteiger partial charge >= 0.3 is 0 Å². The highest BCUT2D eigenvalue weighted by molar-refractivity contribution is 8.37. The van der Waals surface area contributed by atoms with Gasteiger partial charge in [0.05, 0.1) is 6.20 Å². The van der Waals surface area contributed by atoms with Crippen LogP contribution < -0.4 is 5.73 Å². The Hall–Kier alpha value is -0.490. The van der Waals surface area contributed by atoms with E-state index in [-0.39, 0.29) is 14.7 Å². The molecule has 0 saturated carbocycles. The lowest BCUT2D eigenvalue weighted by atomic mass is 10.6. The first-order valence-corrected chi connectivity index (χ1v) is 5.76. The van der Waals surface area contributed by atoms with Gasteiger partial charge in [-0.2, -0.15) is 0 Å². The maximum atomic E-state index is 11.3. The van der Waals surface area contributed by atoms with Crippen LogP contribution in [0.3, 0.4) is 0 Å². The van der Waals surface area contributed by atoms with E-state index >= 15 is 0 Å². The maximum Gasteiger partial charge on any atom is 0.246 e. The highest BCUT2D eigenvalue weighted by Gasteiger charge is 2.28. The lowest BCUT2D eigenvalue weighted by Gasteiger charge is -2.03. The van der Waals surface area contributed by atoms with Gasteiger partial charge < -0.3 is 5.73 Å². The molecule has 0 radical (unpaired) electrons. The van der Waals surface area contributed by atoms with Gasteiger partial charge in [-0.3, -0.25) is 0 Å². The van der Waals surface area contributed by atoms with E-state index in [4.69, 9.17) is 5.73 Å². The van der Waals surface area contributed by atoms with Crippen LogP contribution in [0, 0.1) is 0 Å². The second kappa shape index (κ2) is 3.10. The zero-order valence-electron chi connectivity index (χ0n) is 6.81. The Labute approximate surface area is 75.9 Å². The summed E-state index contributed by atoms with van der Waals surface area (Å²) in [6.07, 6.45) is 1.18.